The Morgan fingerprint density at radius 3 is 1.35 bits per heavy atom. The van der Waals surface area contributed by atoms with E-state index in [0.29, 0.717) is 13.0 Å². The maximum absolute atomic E-state index is 12.9. The summed E-state index contributed by atoms with van der Waals surface area (Å²) in [6.45, 7) is 4.58. The lowest BCUT2D eigenvalue weighted by Crippen LogP contribution is -2.59. The lowest BCUT2D eigenvalue weighted by molar-refractivity contribution is -0.305. The van der Waals surface area contributed by atoms with Crippen LogP contribution in [0, 0.1) is 0 Å². The van der Waals surface area contributed by atoms with E-state index in [9.17, 15) is 25.2 Å². The van der Waals surface area contributed by atoms with Crippen LogP contribution in [0.3, 0.4) is 0 Å². The van der Waals surface area contributed by atoms with Crippen molar-refractivity contribution in [1.29, 1.82) is 0 Å². The van der Waals surface area contributed by atoms with Crippen LogP contribution in [0.15, 0.2) is 24.3 Å². The van der Waals surface area contributed by atoms with Gasteiger partial charge in [0.2, 0.25) is 0 Å². The molecule has 0 saturated carbocycles. The van der Waals surface area contributed by atoms with Gasteiger partial charge in [-0.05, 0) is 44.9 Å². The smallest absolute Gasteiger partial charge is 0.306 e. The predicted octanol–water partition coefficient (Wildman–Crippen LogP) is 14.1. The van der Waals surface area contributed by atoms with Crippen molar-refractivity contribution in [3.63, 3.8) is 0 Å². The van der Waals surface area contributed by atoms with E-state index in [1.807, 2.05) is 0 Å². The zero-order valence-corrected chi connectivity index (χ0v) is 42.5. The number of carbonyl (C=O) groups is 1. The van der Waals surface area contributed by atoms with Crippen molar-refractivity contribution in [3.8, 4) is 0 Å². The van der Waals surface area contributed by atoms with Crippen molar-refractivity contribution >= 4 is 5.97 Å². The molecule has 1 rings (SSSR count). The van der Waals surface area contributed by atoms with Crippen molar-refractivity contribution < 1.29 is 44.2 Å². The number of hydrogen-bond donors (Lipinski definition) is 4. The van der Waals surface area contributed by atoms with Gasteiger partial charge < -0.3 is 39.4 Å². The lowest BCUT2D eigenvalue weighted by atomic mass is 9.99. The van der Waals surface area contributed by atoms with Gasteiger partial charge in [0.15, 0.2) is 6.29 Å². The molecule has 9 nitrogen and oxygen atoms in total. The molecule has 0 aromatic rings. The molecule has 0 amide bonds. The Balaban J connectivity index is 2.15. The first-order valence-electron chi connectivity index (χ1n) is 27.9. The van der Waals surface area contributed by atoms with Crippen LogP contribution in [0.25, 0.3) is 0 Å². The Bertz CT molecular complexity index is 1050. The third kappa shape index (κ3) is 38.2. The minimum Gasteiger partial charge on any atom is -0.457 e. The molecule has 1 aliphatic heterocycles. The van der Waals surface area contributed by atoms with Gasteiger partial charge in [-0.25, -0.2) is 0 Å². The summed E-state index contributed by atoms with van der Waals surface area (Å²) in [5.74, 6) is -0.309. The number of hydrogen-bond acceptors (Lipinski definition) is 9. The van der Waals surface area contributed by atoms with E-state index < -0.39 is 43.4 Å². The van der Waals surface area contributed by atoms with E-state index in [4.69, 9.17) is 18.9 Å². The van der Waals surface area contributed by atoms with Gasteiger partial charge in [0, 0.05) is 13.0 Å². The Labute approximate surface area is 400 Å². The molecule has 0 aromatic heterocycles. The highest BCUT2D eigenvalue weighted by Crippen LogP contribution is 2.23. The molecule has 1 fully saturated rings. The summed E-state index contributed by atoms with van der Waals surface area (Å²) in [5, 5.41) is 40.3. The van der Waals surface area contributed by atoms with Crippen LogP contribution in [-0.2, 0) is 23.7 Å². The first-order chi connectivity index (χ1) is 31.9. The molecule has 0 bridgehead atoms. The van der Waals surface area contributed by atoms with Crippen LogP contribution in [0.5, 0.6) is 0 Å². The molecule has 6 unspecified atom stereocenters. The third-order valence-electron chi connectivity index (χ3n) is 13.1. The second-order valence-electron chi connectivity index (χ2n) is 19.4. The molecule has 0 aliphatic carbocycles. The van der Waals surface area contributed by atoms with Gasteiger partial charge in [0.05, 0.1) is 19.8 Å². The zero-order chi connectivity index (χ0) is 47.1. The maximum Gasteiger partial charge on any atom is 0.306 e. The maximum atomic E-state index is 12.9. The number of esters is 1. The monoisotopic (exact) mass is 923 g/mol. The fourth-order valence-corrected chi connectivity index (χ4v) is 8.76. The molecule has 1 heterocycles. The molecular weight excluding hydrogens is 817 g/mol. The number of carbonyl (C=O) groups excluding carboxylic acids is 1. The molecule has 0 aromatic carbocycles. The molecule has 1 saturated heterocycles. The standard InChI is InChI=1S/C56H106O9/c1-3-5-7-9-11-13-15-17-19-21-23-24-25-26-27-28-29-31-33-35-37-39-41-43-45-52(58)64-50(49-63-56-55(61)54(60)53(59)51(47-57)65-56)48-62-46-44-42-40-38-36-34-32-30-22-20-18-16-14-12-10-8-6-4-2/h12,14,18,20,50-51,53-57,59-61H,3-11,13,15-17,19,21-49H2,1-2H3/b14-12-,20-18-. The number of ether oxygens (including phenoxy) is 4. The Kier molecular flexibility index (Phi) is 45.3. The van der Waals surface area contributed by atoms with Crippen LogP contribution in [0.2, 0.25) is 0 Å². The van der Waals surface area contributed by atoms with E-state index >= 15 is 0 Å². The van der Waals surface area contributed by atoms with Crippen molar-refractivity contribution in [2.45, 2.75) is 301 Å². The van der Waals surface area contributed by atoms with Crippen LogP contribution >= 0.6 is 0 Å². The summed E-state index contributed by atoms with van der Waals surface area (Å²) < 4.78 is 22.9. The second-order valence-corrected chi connectivity index (χ2v) is 19.4. The molecule has 0 spiro atoms. The molecule has 65 heavy (non-hydrogen) atoms. The summed E-state index contributed by atoms with van der Waals surface area (Å²) in [7, 11) is 0. The Hall–Kier alpha value is -1.33. The van der Waals surface area contributed by atoms with Gasteiger partial charge in [-0.1, -0.05) is 237 Å². The molecular formula is C56H106O9. The average Bonchev–Trinajstić information content (AvgIpc) is 3.31. The first-order valence-corrected chi connectivity index (χ1v) is 27.9. The van der Waals surface area contributed by atoms with Crippen molar-refractivity contribution in [3.05, 3.63) is 24.3 Å². The summed E-state index contributed by atoms with van der Waals surface area (Å²) in [6.07, 6.45) is 50.8. The minimum absolute atomic E-state index is 0.111. The Morgan fingerprint density at radius 2 is 0.892 bits per heavy atom. The lowest BCUT2D eigenvalue weighted by Gasteiger charge is -2.39. The van der Waals surface area contributed by atoms with Gasteiger partial charge >= 0.3 is 5.97 Å². The summed E-state index contributed by atoms with van der Waals surface area (Å²) in [4.78, 5) is 12.9. The predicted molar refractivity (Wildman–Crippen MR) is 270 cm³/mol. The van der Waals surface area contributed by atoms with E-state index in [-0.39, 0.29) is 19.2 Å². The number of unbranched alkanes of at least 4 members (excludes halogenated alkanes) is 34. The average molecular weight is 923 g/mol. The van der Waals surface area contributed by atoms with Crippen LogP contribution < -0.4 is 0 Å². The molecule has 6 atom stereocenters. The molecule has 0 radical (unpaired) electrons. The van der Waals surface area contributed by atoms with E-state index in [0.717, 1.165) is 38.5 Å². The number of rotatable bonds is 49. The second kappa shape index (κ2) is 47.7. The van der Waals surface area contributed by atoms with Gasteiger partial charge in [0.1, 0.15) is 30.5 Å². The number of aliphatic hydroxyl groups excluding tert-OH is 4. The van der Waals surface area contributed by atoms with Gasteiger partial charge in [-0.2, -0.15) is 0 Å². The van der Waals surface area contributed by atoms with Gasteiger partial charge in [0.25, 0.3) is 0 Å². The van der Waals surface area contributed by atoms with E-state index in [1.54, 1.807) is 0 Å². The largest absolute Gasteiger partial charge is 0.457 e. The van der Waals surface area contributed by atoms with E-state index in [1.165, 1.54) is 205 Å². The van der Waals surface area contributed by atoms with Crippen molar-refractivity contribution in [2.24, 2.45) is 0 Å². The van der Waals surface area contributed by atoms with Crippen molar-refractivity contribution in [1.82, 2.24) is 0 Å². The van der Waals surface area contributed by atoms with Crippen molar-refractivity contribution in [2.75, 3.05) is 26.4 Å². The minimum atomic E-state index is -1.54. The molecule has 4 N–H and O–H groups in total. The molecule has 1 aliphatic rings. The third-order valence-corrected chi connectivity index (χ3v) is 13.1. The van der Waals surface area contributed by atoms with Gasteiger partial charge in [-0.3, -0.25) is 4.79 Å². The molecule has 384 valence electrons. The Morgan fingerprint density at radius 1 is 0.492 bits per heavy atom. The number of aliphatic hydroxyl groups is 4. The highest BCUT2D eigenvalue weighted by molar-refractivity contribution is 5.69. The molecule has 9 heteroatoms. The van der Waals surface area contributed by atoms with Gasteiger partial charge in [-0.15, -0.1) is 0 Å². The van der Waals surface area contributed by atoms with E-state index in [2.05, 4.69) is 38.2 Å². The highest BCUT2D eigenvalue weighted by Gasteiger charge is 2.44. The first kappa shape index (κ1) is 61.7. The topological polar surface area (TPSA) is 135 Å². The summed E-state index contributed by atoms with van der Waals surface area (Å²) >= 11 is 0. The van der Waals surface area contributed by atoms with Crippen LogP contribution in [-0.4, -0.2) is 89.6 Å². The number of allylic oxidation sites excluding steroid dienone is 4. The zero-order valence-electron chi connectivity index (χ0n) is 42.5. The summed E-state index contributed by atoms with van der Waals surface area (Å²) in [6, 6.07) is 0. The fourth-order valence-electron chi connectivity index (χ4n) is 8.76. The van der Waals surface area contributed by atoms with Crippen LogP contribution in [0.1, 0.15) is 264 Å². The SMILES string of the molecule is CCCCC/C=C\C/C=C\CCCCCCCCCCOCC(COC1OC(CO)C(O)C(O)C1O)OC(=O)CCCCCCCCCCCCCCCCCCCCCCCCCC. The van der Waals surface area contributed by atoms with Crippen LogP contribution in [0.4, 0.5) is 0 Å². The quantitative estimate of drug-likeness (QED) is 0.0267. The highest BCUT2D eigenvalue weighted by atomic mass is 16.7. The summed E-state index contributed by atoms with van der Waals surface area (Å²) in [5.41, 5.74) is 0. The fraction of sp³-hybridized carbons (Fsp3) is 0.911. The normalized spacial score (nSPS) is 19.5.